The summed E-state index contributed by atoms with van der Waals surface area (Å²) in [5.74, 6) is -4.30. The summed E-state index contributed by atoms with van der Waals surface area (Å²) in [4.78, 5) is 77.6. The average molecular weight is 779 g/mol. The van der Waals surface area contributed by atoms with Gasteiger partial charge in [0.05, 0.1) is 62.9 Å². The fourth-order valence-corrected chi connectivity index (χ4v) is 12.6. The van der Waals surface area contributed by atoms with E-state index in [2.05, 4.69) is 0 Å². The van der Waals surface area contributed by atoms with Crippen LogP contribution in [0.25, 0.3) is 0 Å². The van der Waals surface area contributed by atoms with Gasteiger partial charge in [0.25, 0.3) is 0 Å². The minimum absolute atomic E-state index is 0.0643. The van der Waals surface area contributed by atoms with E-state index in [1.165, 1.54) is 20.5 Å². The predicted molar refractivity (Wildman–Crippen MR) is 195 cm³/mol. The number of carbonyl (C=O) groups excluding carboxylic acids is 6. The number of aliphatic hydroxyl groups excluding tert-OH is 1. The van der Waals surface area contributed by atoms with Gasteiger partial charge in [0.2, 0.25) is 0 Å². The molecule has 8 rings (SSSR count). The van der Waals surface area contributed by atoms with Crippen LogP contribution in [0.2, 0.25) is 0 Å². The molecule has 2 aliphatic heterocycles. The van der Waals surface area contributed by atoms with Gasteiger partial charge in [-0.05, 0) is 85.2 Å². The van der Waals surface area contributed by atoms with Gasteiger partial charge in [-0.25, -0.2) is 0 Å². The van der Waals surface area contributed by atoms with Crippen LogP contribution < -0.4 is 0 Å². The molecule has 0 bridgehead atoms. The number of aliphatic hydroxyl groups is 1. The van der Waals surface area contributed by atoms with Gasteiger partial charge >= 0.3 is 23.9 Å². The van der Waals surface area contributed by atoms with Crippen molar-refractivity contribution in [2.45, 2.75) is 104 Å². The summed E-state index contributed by atoms with van der Waals surface area (Å²) in [7, 11) is 2.73. The molecule has 6 aliphatic rings. The highest BCUT2D eigenvalue weighted by atomic mass is 16.6. The topological polar surface area (TPSA) is 186 Å². The van der Waals surface area contributed by atoms with Crippen molar-refractivity contribution in [2.24, 2.45) is 63.1 Å². The van der Waals surface area contributed by atoms with Crippen molar-refractivity contribution in [3.05, 3.63) is 48.3 Å². The van der Waals surface area contributed by atoms with Crippen LogP contribution in [-0.4, -0.2) is 60.9 Å². The van der Waals surface area contributed by atoms with Crippen molar-refractivity contribution in [3.8, 4) is 0 Å². The first kappa shape index (κ1) is 40.0. The van der Waals surface area contributed by atoms with Crippen LogP contribution >= 0.6 is 0 Å². The standard InChI is InChI=1S/C22H28O6.C21H26O7/c1-12-9-15(19(24)26-4)21(2)7-5-14-20(25)28-16(13-6-8-27-11-13)10-22(14,3)18(21)17(12)23;1-20-6-4-12-19(25)28-15(11-5-7-27-10-11)9-21(12,2)17(20)16(23)14(22)8-13(20)18(24)26-3/h6,8,11-12,14-16,18H,5,7,9-10H2,1-4H3;5,7,10,12-15,17,22H,4,6,8-9H2,1-3H3/t12-,14?,15?,16+,18?,21+,22+;12?,13?,14-,15-,17?,20-,21-/m10/s1. The molecule has 4 heterocycles. The molecule has 2 saturated heterocycles. The maximum atomic E-state index is 13.5. The molecule has 0 amide bonds. The van der Waals surface area contributed by atoms with Crippen molar-refractivity contribution in [1.29, 1.82) is 0 Å². The molecule has 13 nitrogen and oxygen atoms in total. The van der Waals surface area contributed by atoms with Gasteiger partial charge in [-0.3, -0.25) is 28.8 Å². The Bertz CT molecular complexity index is 1730. The predicted octanol–water partition coefficient (Wildman–Crippen LogP) is 6.13. The Labute approximate surface area is 326 Å². The smallest absolute Gasteiger partial charge is 0.310 e. The number of rotatable bonds is 4. The summed E-state index contributed by atoms with van der Waals surface area (Å²) in [6.45, 7) is 9.82. The second-order valence-corrected chi connectivity index (χ2v) is 18.3. The normalized spacial score (nSPS) is 42.9. The van der Waals surface area contributed by atoms with Crippen molar-refractivity contribution < 1.29 is 61.7 Å². The fraction of sp³-hybridized carbons (Fsp3) is 0.674. The first-order valence-corrected chi connectivity index (χ1v) is 19.8. The third-order valence-electron chi connectivity index (χ3n) is 15.3. The zero-order valence-corrected chi connectivity index (χ0v) is 33.2. The Morgan fingerprint density at radius 3 is 1.52 bits per heavy atom. The number of furan rings is 2. The molecule has 6 unspecified atom stereocenters. The number of carbonyl (C=O) groups is 6. The molecule has 304 valence electrons. The van der Waals surface area contributed by atoms with Gasteiger partial charge < -0.3 is 32.9 Å². The molecule has 56 heavy (non-hydrogen) atoms. The highest BCUT2D eigenvalue weighted by Crippen LogP contribution is 2.67. The molecular weight excluding hydrogens is 724 g/mol. The van der Waals surface area contributed by atoms with Crippen LogP contribution in [0.15, 0.2) is 46.0 Å². The summed E-state index contributed by atoms with van der Waals surface area (Å²) in [5.41, 5.74) is -0.930. The number of hydrogen-bond acceptors (Lipinski definition) is 13. The molecular formula is C43H54O13. The summed E-state index contributed by atoms with van der Waals surface area (Å²) >= 11 is 0. The van der Waals surface area contributed by atoms with E-state index >= 15 is 0 Å². The van der Waals surface area contributed by atoms with E-state index in [0.29, 0.717) is 44.9 Å². The van der Waals surface area contributed by atoms with Crippen LogP contribution in [0.4, 0.5) is 0 Å². The zero-order chi connectivity index (χ0) is 40.5. The number of ether oxygens (including phenoxy) is 4. The third-order valence-corrected chi connectivity index (χ3v) is 15.3. The lowest BCUT2D eigenvalue weighted by atomic mass is 9.42. The molecule has 0 radical (unpaired) electrons. The third kappa shape index (κ3) is 6.05. The SMILES string of the molecule is COC(=O)C1C[C@@H](C)C(=O)C2[C@@]1(C)CCC1C(=O)O[C@H](c3ccoc3)C[C@@]12C.COC(=O)C1C[C@H](O)C(=O)C2[C@@]1(C)CCC1C(=O)O[C@H](c3ccoc3)C[C@@]12C. The Morgan fingerprint density at radius 2 is 1.11 bits per heavy atom. The number of Topliss-reactive ketones (excluding diaryl/α,β-unsaturated/α-hetero) is 2. The maximum absolute atomic E-state index is 13.5. The molecule has 14 atom stereocenters. The molecule has 6 fully saturated rings. The molecule has 1 N–H and O–H groups in total. The summed E-state index contributed by atoms with van der Waals surface area (Å²) < 4.78 is 31.8. The van der Waals surface area contributed by atoms with Gasteiger partial charge in [0.1, 0.15) is 24.1 Å². The van der Waals surface area contributed by atoms with Crippen molar-refractivity contribution in [2.75, 3.05) is 14.2 Å². The molecule has 0 aromatic carbocycles. The Morgan fingerprint density at radius 1 is 0.679 bits per heavy atom. The van der Waals surface area contributed by atoms with E-state index in [4.69, 9.17) is 27.8 Å². The first-order chi connectivity index (χ1) is 26.4. The van der Waals surface area contributed by atoms with E-state index in [1.54, 1.807) is 30.9 Å². The van der Waals surface area contributed by atoms with E-state index in [1.807, 2.05) is 34.6 Å². The molecule has 2 aromatic rings. The zero-order valence-electron chi connectivity index (χ0n) is 33.2. The first-order valence-electron chi connectivity index (χ1n) is 19.8. The Balaban J connectivity index is 0.000000172. The minimum atomic E-state index is -1.23. The molecule has 4 saturated carbocycles. The van der Waals surface area contributed by atoms with Gasteiger partial charge in [-0.15, -0.1) is 0 Å². The summed E-state index contributed by atoms with van der Waals surface area (Å²) in [5, 5.41) is 10.5. The average Bonchev–Trinajstić information content (AvgIpc) is 3.89. The number of esters is 4. The number of cyclic esters (lactones) is 2. The number of ketones is 2. The number of fused-ring (bicyclic) bond motifs is 6. The lowest BCUT2D eigenvalue weighted by Gasteiger charge is -2.61. The summed E-state index contributed by atoms with van der Waals surface area (Å²) in [6, 6.07) is 3.55. The van der Waals surface area contributed by atoms with E-state index in [-0.39, 0.29) is 59.6 Å². The fourth-order valence-electron chi connectivity index (χ4n) is 12.6. The molecule has 2 aromatic heterocycles. The summed E-state index contributed by atoms with van der Waals surface area (Å²) in [6.07, 6.45) is 7.92. The Hall–Kier alpha value is -4.26. The van der Waals surface area contributed by atoms with Gasteiger partial charge in [-0.2, -0.15) is 0 Å². The highest BCUT2D eigenvalue weighted by molar-refractivity contribution is 5.92. The lowest BCUT2D eigenvalue weighted by molar-refractivity contribution is -0.208. The molecule has 13 heteroatoms. The van der Waals surface area contributed by atoms with Gasteiger partial charge in [0.15, 0.2) is 5.78 Å². The van der Waals surface area contributed by atoms with Crippen molar-refractivity contribution in [1.82, 2.24) is 0 Å². The van der Waals surface area contributed by atoms with E-state index in [9.17, 15) is 33.9 Å². The van der Waals surface area contributed by atoms with Crippen molar-refractivity contribution >= 4 is 35.4 Å². The van der Waals surface area contributed by atoms with Crippen molar-refractivity contribution in [3.63, 3.8) is 0 Å². The van der Waals surface area contributed by atoms with Crippen LogP contribution in [0.5, 0.6) is 0 Å². The minimum Gasteiger partial charge on any atom is -0.472 e. The quantitative estimate of drug-likeness (QED) is 0.276. The van der Waals surface area contributed by atoms with Gasteiger partial charge in [0, 0.05) is 28.9 Å². The van der Waals surface area contributed by atoms with Crippen LogP contribution in [0.3, 0.4) is 0 Å². The van der Waals surface area contributed by atoms with Crippen LogP contribution in [0, 0.1) is 63.1 Å². The van der Waals surface area contributed by atoms with Crippen LogP contribution in [-0.2, 0) is 47.7 Å². The highest BCUT2D eigenvalue weighted by Gasteiger charge is 2.68. The second-order valence-electron chi connectivity index (χ2n) is 18.3. The van der Waals surface area contributed by atoms with Crippen LogP contribution in [0.1, 0.15) is 109 Å². The van der Waals surface area contributed by atoms with Gasteiger partial charge in [-0.1, -0.05) is 34.6 Å². The van der Waals surface area contributed by atoms with E-state index < -0.39 is 63.7 Å². The molecule has 4 aliphatic carbocycles. The number of hydrogen-bond donors (Lipinski definition) is 1. The maximum Gasteiger partial charge on any atom is 0.310 e. The monoisotopic (exact) mass is 778 g/mol. The lowest BCUT2D eigenvalue weighted by Crippen LogP contribution is -2.64. The molecule has 0 spiro atoms. The Kier molecular flexibility index (Phi) is 10.2. The van der Waals surface area contributed by atoms with E-state index in [0.717, 1.165) is 11.1 Å². The largest absolute Gasteiger partial charge is 0.472 e. The number of methoxy groups -OCH3 is 2. The second kappa shape index (κ2) is 14.3.